The van der Waals surface area contributed by atoms with Gasteiger partial charge >= 0.3 is 11.9 Å². The summed E-state index contributed by atoms with van der Waals surface area (Å²) in [5.74, 6) is 4.85. The highest BCUT2D eigenvalue weighted by atomic mass is 16.5. The van der Waals surface area contributed by atoms with Gasteiger partial charge in [-0.25, -0.2) is 0 Å². The average molecular weight is 767 g/mol. The van der Waals surface area contributed by atoms with Crippen molar-refractivity contribution in [2.45, 2.75) is 194 Å². The van der Waals surface area contributed by atoms with E-state index >= 15 is 0 Å². The highest BCUT2D eigenvalue weighted by Gasteiger charge is 2.65. The first-order chi connectivity index (χ1) is 26.0. The van der Waals surface area contributed by atoms with E-state index in [1.165, 1.54) is 32.1 Å². The molecule has 8 fully saturated rings. The van der Waals surface area contributed by atoms with E-state index in [4.69, 9.17) is 4.74 Å². The Hall–Kier alpha value is -1.18. The minimum absolute atomic E-state index is 0.0401. The van der Waals surface area contributed by atoms with Gasteiger partial charge in [-0.3, -0.25) is 9.59 Å². The van der Waals surface area contributed by atoms with E-state index in [2.05, 4.69) is 41.5 Å². The molecular formula is C48H78O7. The lowest BCUT2D eigenvalue weighted by molar-refractivity contribution is -0.183. The maximum absolute atomic E-state index is 13.5. The molecule has 8 aliphatic rings. The van der Waals surface area contributed by atoms with Crippen molar-refractivity contribution in [3.63, 3.8) is 0 Å². The van der Waals surface area contributed by atoms with Gasteiger partial charge in [0.15, 0.2) is 0 Å². The van der Waals surface area contributed by atoms with Gasteiger partial charge in [0.1, 0.15) is 6.10 Å². The first-order valence-corrected chi connectivity index (χ1v) is 23.4. The predicted octanol–water partition coefficient (Wildman–Crippen LogP) is 9.44. The Balaban J connectivity index is 0.845. The van der Waals surface area contributed by atoms with E-state index in [9.17, 15) is 30.0 Å². The number of carboxylic acids is 1. The molecule has 8 rings (SSSR count). The van der Waals surface area contributed by atoms with Crippen LogP contribution in [0.2, 0.25) is 0 Å². The number of carbonyl (C=O) groups excluding carboxylic acids is 1. The minimum atomic E-state index is -0.696. The van der Waals surface area contributed by atoms with Crippen LogP contribution in [-0.2, 0) is 14.3 Å². The second kappa shape index (κ2) is 14.8. The summed E-state index contributed by atoms with van der Waals surface area (Å²) in [7, 11) is 0. The summed E-state index contributed by atoms with van der Waals surface area (Å²) in [5.41, 5.74) is 0.812. The Labute approximate surface area is 332 Å². The van der Waals surface area contributed by atoms with Crippen LogP contribution in [0.3, 0.4) is 0 Å². The van der Waals surface area contributed by atoms with Crippen LogP contribution in [-0.4, -0.2) is 56.8 Å². The molecule has 0 bridgehead atoms. The number of hydrogen-bond donors (Lipinski definition) is 4. The normalized spacial score (nSPS) is 52.7. The van der Waals surface area contributed by atoms with Crippen LogP contribution in [0.4, 0.5) is 0 Å². The summed E-state index contributed by atoms with van der Waals surface area (Å²) < 4.78 is 6.31. The van der Waals surface area contributed by atoms with Gasteiger partial charge in [0.25, 0.3) is 0 Å². The lowest BCUT2D eigenvalue weighted by Gasteiger charge is -2.62. The molecule has 0 aromatic carbocycles. The van der Waals surface area contributed by atoms with E-state index in [1.807, 2.05) is 0 Å². The number of carbonyl (C=O) groups is 2. The van der Waals surface area contributed by atoms with Crippen LogP contribution in [0.25, 0.3) is 0 Å². The monoisotopic (exact) mass is 767 g/mol. The molecule has 4 N–H and O–H groups in total. The maximum atomic E-state index is 13.5. The fourth-order valence-corrected chi connectivity index (χ4v) is 17.8. The topological polar surface area (TPSA) is 124 Å². The molecule has 312 valence electrons. The molecule has 0 aromatic heterocycles. The minimum Gasteiger partial charge on any atom is -0.481 e. The molecule has 7 heteroatoms. The van der Waals surface area contributed by atoms with Crippen molar-refractivity contribution in [1.82, 2.24) is 0 Å². The lowest BCUT2D eigenvalue weighted by Crippen LogP contribution is -2.58. The van der Waals surface area contributed by atoms with Crippen molar-refractivity contribution in [2.75, 3.05) is 0 Å². The molecule has 5 unspecified atom stereocenters. The third-order valence-corrected chi connectivity index (χ3v) is 20.7. The molecule has 8 saturated carbocycles. The molecule has 0 aliphatic heterocycles. The summed E-state index contributed by atoms with van der Waals surface area (Å²) in [5, 5.41) is 43.3. The standard InChI is InChI=1S/C48H78O7/c1-27(7-13-41(52)53)33-9-11-36-44-38(18-22-47(33,36)5)46(4)20-16-32(24-30(46)26-40(44)51)55-42(54)14-8-28(2)34-10-12-35-43-37(17-21-48(34,35)6)45(3)19-15-31(49)23-29(45)25-39(43)50/h27-40,43-44,49-51H,7-26H2,1-6H3,(H,52,53)/t27-,28-,29?,30?,31+,32+,33-,34-,35?,36+,37?,38+,39+,40+,43?,44+,45+,46+,47-,48-/m1/s1. The van der Waals surface area contributed by atoms with Gasteiger partial charge in [0.05, 0.1) is 18.3 Å². The van der Waals surface area contributed by atoms with Gasteiger partial charge in [-0.1, -0.05) is 41.5 Å². The van der Waals surface area contributed by atoms with Crippen LogP contribution < -0.4 is 0 Å². The van der Waals surface area contributed by atoms with Crippen molar-refractivity contribution >= 4 is 11.9 Å². The van der Waals surface area contributed by atoms with Gasteiger partial charge in [0, 0.05) is 12.8 Å². The molecular weight excluding hydrogens is 689 g/mol. The Morgan fingerprint density at radius 3 is 1.56 bits per heavy atom. The SMILES string of the molecule is C[C@H](CCC(=O)O)[C@H]1CC[C@H]2[C@@H]3[C@@H](O)CC4C[C@@H](OC(=O)CC[C@@H](C)[C@H]5CCC6C7C(CC[C@@]65C)[C@@]5(C)CC[C@H](O)CC5C[C@@H]7O)CC[C@]4(C)[C@H]3CC[C@]12C. The smallest absolute Gasteiger partial charge is 0.306 e. The number of aliphatic hydroxyl groups excluding tert-OH is 3. The number of fused-ring (bicyclic) bond motifs is 10. The van der Waals surface area contributed by atoms with Crippen LogP contribution in [0.1, 0.15) is 170 Å². The largest absolute Gasteiger partial charge is 0.481 e. The first-order valence-electron chi connectivity index (χ1n) is 23.4. The first kappa shape index (κ1) is 40.6. The highest BCUT2D eigenvalue weighted by molar-refractivity contribution is 5.69. The molecule has 0 amide bonds. The van der Waals surface area contributed by atoms with Gasteiger partial charge in [-0.15, -0.1) is 0 Å². The predicted molar refractivity (Wildman–Crippen MR) is 214 cm³/mol. The summed E-state index contributed by atoms with van der Waals surface area (Å²) in [6.07, 6.45) is 18.4. The van der Waals surface area contributed by atoms with Gasteiger partial charge in [-0.05, 0) is 208 Å². The zero-order chi connectivity index (χ0) is 39.2. The molecule has 55 heavy (non-hydrogen) atoms. The van der Waals surface area contributed by atoms with Crippen LogP contribution >= 0.6 is 0 Å². The third-order valence-electron chi connectivity index (χ3n) is 20.7. The maximum Gasteiger partial charge on any atom is 0.306 e. The number of rotatable bonds is 9. The van der Waals surface area contributed by atoms with Crippen LogP contribution in [0.5, 0.6) is 0 Å². The van der Waals surface area contributed by atoms with E-state index in [0.29, 0.717) is 77.4 Å². The molecule has 0 aromatic rings. The Morgan fingerprint density at radius 2 is 1.04 bits per heavy atom. The van der Waals surface area contributed by atoms with Gasteiger partial charge < -0.3 is 25.2 Å². The Bertz CT molecular complexity index is 1430. The Morgan fingerprint density at radius 1 is 0.582 bits per heavy atom. The Kier molecular flexibility index (Phi) is 10.9. The number of hydrogen-bond acceptors (Lipinski definition) is 6. The number of aliphatic hydroxyl groups is 3. The second-order valence-corrected chi connectivity index (χ2v) is 22.8. The highest BCUT2D eigenvalue weighted by Crippen LogP contribution is 2.70. The quantitative estimate of drug-likeness (QED) is 0.173. The van der Waals surface area contributed by atoms with Gasteiger partial charge in [-0.2, -0.15) is 0 Å². The molecule has 0 heterocycles. The van der Waals surface area contributed by atoms with E-state index in [-0.39, 0.29) is 58.5 Å². The van der Waals surface area contributed by atoms with E-state index < -0.39 is 5.97 Å². The molecule has 7 nitrogen and oxygen atoms in total. The molecule has 0 radical (unpaired) electrons. The number of esters is 1. The third kappa shape index (κ3) is 6.69. The fraction of sp³-hybridized carbons (Fsp3) is 0.958. The van der Waals surface area contributed by atoms with Crippen molar-refractivity contribution in [1.29, 1.82) is 0 Å². The van der Waals surface area contributed by atoms with Crippen molar-refractivity contribution in [3.8, 4) is 0 Å². The fourth-order valence-electron chi connectivity index (χ4n) is 17.8. The number of carboxylic acid groups (broad SMARTS) is 1. The second-order valence-electron chi connectivity index (χ2n) is 22.8. The van der Waals surface area contributed by atoms with E-state index in [1.54, 1.807) is 0 Å². The number of ether oxygens (including phenoxy) is 1. The van der Waals surface area contributed by atoms with Crippen LogP contribution in [0, 0.1) is 92.7 Å². The zero-order valence-corrected chi connectivity index (χ0v) is 35.4. The summed E-state index contributed by atoms with van der Waals surface area (Å²) >= 11 is 0. The van der Waals surface area contributed by atoms with E-state index in [0.717, 1.165) is 83.5 Å². The molecule has 0 spiro atoms. The molecule has 8 aliphatic carbocycles. The van der Waals surface area contributed by atoms with Crippen molar-refractivity contribution in [3.05, 3.63) is 0 Å². The average Bonchev–Trinajstić information content (AvgIpc) is 3.67. The van der Waals surface area contributed by atoms with Crippen LogP contribution in [0.15, 0.2) is 0 Å². The molecule has 20 atom stereocenters. The molecule has 0 saturated heterocycles. The summed E-state index contributed by atoms with van der Waals surface area (Å²) in [6, 6.07) is 0. The summed E-state index contributed by atoms with van der Waals surface area (Å²) in [4.78, 5) is 24.9. The van der Waals surface area contributed by atoms with Crippen molar-refractivity contribution in [2.24, 2.45) is 92.7 Å². The van der Waals surface area contributed by atoms with Gasteiger partial charge in [0.2, 0.25) is 0 Å². The zero-order valence-electron chi connectivity index (χ0n) is 35.4. The lowest BCUT2D eigenvalue weighted by atomic mass is 9.43. The summed E-state index contributed by atoms with van der Waals surface area (Å²) in [6.45, 7) is 14.6. The van der Waals surface area contributed by atoms with Crippen molar-refractivity contribution < 1.29 is 34.8 Å². The number of aliphatic carboxylic acids is 1.